The quantitative estimate of drug-likeness (QED) is 0.672. The molecule has 0 amide bonds. The molecular weight excluding hydrogens is 318 g/mol. The average molecular weight is 334 g/mol. The van der Waals surface area contributed by atoms with Crippen molar-refractivity contribution in [1.29, 1.82) is 0 Å². The summed E-state index contributed by atoms with van der Waals surface area (Å²) in [6.45, 7) is 0.466. The molecule has 0 saturated carbocycles. The van der Waals surface area contributed by atoms with Gasteiger partial charge in [0.15, 0.2) is 11.6 Å². The van der Waals surface area contributed by atoms with Crippen molar-refractivity contribution in [2.24, 2.45) is 0 Å². The fourth-order valence-corrected chi connectivity index (χ4v) is 2.84. The third-order valence-electron chi connectivity index (χ3n) is 4.04. The molecule has 126 valence electrons. The highest BCUT2D eigenvalue weighted by Gasteiger charge is 2.26. The SMILES string of the molecule is O=[N+]([O-])c1cc(F)c(NC2CCOC(c3ccccc3)C2)c(F)c1. The van der Waals surface area contributed by atoms with Crippen LogP contribution < -0.4 is 5.32 Å². The van der Waals surface area contributed by atoms with Crippen LogP contribution in [-0.4, -0.2) is 17.6 Å². The fraction of sp³-hybridized carbons (Fsp3) is 0.294. The Hall–Kier alpha value is -2.54. The Bertz CT molecular complexity index is 717. The molecular formula is C17H16F2N2O3. The van der Waals surface area contributed by atoms with Gasteiger partial charge < -0.3 is 10.1 Å². The monoisotopic (exact) mass is 334 g/mol. The van der Waals surface area contributed by atoms with E-state index in [2.05, 4.69) is 5.32 Å². The molecule has 24 heavy (non-hydrogen) atoms. The minimum absolute atomic E-state index is 0.151. The lowest BCUT2D eigenvalue weighted by Gasteiger charge is -2.31. The van der Waals surface area contributed by atoms with Crippen LogP contribution >= 0.6 is 0 Å². The molecule has 0 spiro atoms. The van der Waals surface area contributed by atoms with Crippen LogP contribution in [0.5, 0.6) is 0 Å². The Morgan fingerprint density at radius 3 is 2.46 bits per heavy atom. The molecule has 3 rings (SSSR count). The van der Waals surface area contributed by atoms with Crippen molar-refractivity contribution in [1.82, 2.24) is 0 Å². The maximum Gasteiger partial charge on any atom is 0.275 e. The number of nitro benzene ring substituents is 1. The molecule has 0 bridgehead atoms. The Kier molecular flexibility index (Phi) is 4.71. The van der Waals surface area contributed by atoms with Gasteiger partial charge in [0, 0.05) is 12.6 Å². The van der Waals surface area contributed by atoms with Crippen LogP contribution in [0.1, 0.15) is 24.5 Å². The number of ether oxygens (including phenoxy) is 1. The first-order valence-electron chi connectivity index (χ1n) is 7.61. The molecule has 1 aliphatic rings. The smallest absolute Gasteiger partial charge is 0.275 e. The minimum atomic E-state index is -0.968. The van der Waals surface area contributed by atoms with Crippen molar-refractivity contribution in [2.45, 2.75) is 25.0 Å². The molecule has 2 aromatic carbocycles. The maximum atomic E-state index is 14.0. The molecule has 1 heterocycles. The number of hydrogen-bond acceptors (Lipinski definition) is 4. The Morgan fingerprint density at radius 2 is 1.83 bits per heavy atom. The number of nitrogens with one attached hydrogen (secondary N) is 1. The average Bonchev–Trinajstić information content (AvgIpc) is 2.59. The molecule has 1 aliphatic heterocycles. The Morgan fingerprint density at radius 1 is 1.17 bits per heavy atom. The summed E-state index contributed by atoms with van der Waals surface area (Å²) in [4.78, 5) is 9.82. The van der Waals surface area contributed by atoms with Gasteiger partial charge in [-0.25, -0.2) is 8.78 Å². The van der Waals surface area contributed by atoms with Gasteiger partial charge in [0.2, 0.25) is 0 Å². The number of nitro groups is 1. The Labute approximate surface area is 137 Å². The van der Waals surface area contributed by atoms with Gasteiger partial charge in [-0.2, -0.15) is 0 Å². The van der Waals surface area contributed by atoms with Crippen LogP contribution in [0.15, 0.2) is 42.5 Å². The zero-order valence-corrected chi connectivity index (χ0v) is 12.7. The van der Waals surface area contributed by atoms with Crippen LogP contribution in [0.4, 0.5) is 20.2 Å². The van der Waals surface area contributed by atoms with Crippen molar-refractivity contribution in [3.63, 3.8) is 0 Å². The molecule has 0 radical (unpaired) electrons. The van der Waals surface area contributed by atoms with Gasteiger partial charge in [0.1, 0.15) is 5.69 Å². The predicted molar refractivity (Wildman–Crippen MR) is 84.8 cm³/mol. The van der Waals surface area contributed by atoms with Gasteiger partial charge >= 0.3 is 0 Å². The van der Waals surface area contributed by atoms with Crippen molar-refractivity contribution in [2.75, 3.05) is 11.9 Å². The van der Waals surface area contributed by atoms with E-state index in [1.54, 1.807) is 0 Å². The molecule has 5 nitrogen and oxygen atoms in total. The van der Waals surface area contributed by atoms with Crippen LogP contribution in [0.25, 0.3) is 0 Å². The van der Waals surface area contributed by atoms with Crippen molar-refractivity contribution < 1.29 is 18.4 Å². The number of anilines is 1. The standard InChI is InChI=1S/C17H16F2N2O3/c18-14-9-13(21(22)23)10-15(19)17(14)20-12-6-7-24-16(8-12)11-4-2-1-3-5-11/h1-5,9-10,12,16,20H,6-8H2. The van der Waals surface area contributed by atoms with E-state index in [9.17, 15) is 18.9 Å². The van der Waals surface area contributed by atoms with E-state index in [1.807, 2.05) is 30.3 Å². The highest BCUT2D eigenvalue weighted by atomic mass is 19.1. The first-order valence-corrected chi connectivity index (χ1v) is 7.61. The molecule has 7 heteroatoms. The number of rotatable bonds is 4. The second kappa shape index (κ2) is 6.92. The minimum Gasteiger partial charge on any atom is -0.377 e. The third-order valence-corrected chi connectivity index (χ3v) is 4.04. The number of halogens is 2. The second-order valence-corrected chi connectivity index (χ2v) is 5.68. The van der Waals surface area contributed by atoms with Crippen molar-refractivity contribution >= 4 is 11.4 Å². The summed E-state index contributed by atoms with van der Waals surface area (Å²) in [5.41, 5.74) is 0.0673. The maximum absolute atomic E-state index is 14.0. The van der Waals surface area contributed by atoms with E-state index in [1.165, 1.54) is 0 Å². The topological polar surface area (TPSA) is 64.4 Å². The highest BCUT2D eigenvalue weighted by molar-refractivity contribution is 5.52. The lowest BCUT2D eigenvalue weighted by atomic mass is 9.97. The van der Waals surface area contributed by atoms with E-state index < -0.39 is 22.2 Å². The van der Waals surface area contributed by atoms with Gasteiger partial charge in [0.25, 0.3) is 5.69 Å². The highest BCUT2D eigenvalue weighted by Crippen LogP contribution is 2.32. The number of nitrogens with zero attached hydrogens (tertiary/aromatic N) is 1. The van der Waals surface area contributed by atoms with Gasteiger partial charge in [-0.05, 0) is 18.4 Å². The van der Waals surface area contributed by atoms with Crippen LogP contribution in [0.2, 0.25) is 0 Å². The number of benzene rings is 2. The zero-order chi connectivity index (χ0) is 17.1. The van der Waals surface area contributed by atoms with E-state index in [0.717, 1.165) is 17.7 Å². The van der Waals surface area contributed by atoms with E-state index in [-0.39, 0.29) is 17.8 Å². The summed E-state index contributed by atoms with van der Waals surface area (Å²) in [6.07, 6.45) is 1.00. The van der Waals surface area contributed by atoms with Gasteiger partial charge in [-0.1, -0.05) is 30.3 Å². The first kappa shape index (κ1) is 16.3. The summed E-state index contributed by atoms with van der Waals surface area (Å²) in [6, 6.07) is 10.9. The summed E-state index contributed by atoms with van der Waals surface area (Å²) in [5, 5.41) is 13.5. The molecule has 1 N–H and O–H groups in total. The number of non-ortho nitro benzene ring substituents is 1. The molecule has 1 saturated heterocycles. The second-order valence-electron chi connectivity index (χ2n) is 5.68. The third kappa shape index (κ3) is 3.51. The lowest BCUT2D eigenvalue weighted by Crippen LogP contribution is -2.30. The lowest BCUT2D eigenvalue weighted by molar-refractivity contribution is -0.385. The van der Waals surface area contributed by atoms with Gasteiger partial charge in [-0.15, -0.1) is 0 Å². The first-order chi connectivity index (χ1) is 11.5. The van der Waals surface area contributed by atoms with E-state index in [0.29, 0.717) is 19.4 Å². The van der Waals surface area contributed by atoms with Gasteiger partial charge in [0.05, 0.1) is 23.2 Å². The summed E-state index contributed by atoms with van der Waals surface area (Å²) < 4.78 is 33.7. The van der Waals surface area contributed by atoms with Crippen LogP contribution in [-0.2, 0) is 4.74 Å². The summed E-state index contributed by atoms with van der Waals surface area (Å²) in [5.74, 6) is -1.94. The Balaban J connectivity index is 1.75. The summed E-state index contributed by atoms with van der Waals surface area (Å²) in [7, 11) is 0. The molecule has 2 atom stereocenters. The largest absolute Gasteiger partial charge is 0.377 e. The zero-order valence-electron chi connectivity index (χ0n) is 12.7. The van der Waals surface area contributed by atoms with E-state index >= 15 is 0 Å². The van der Waals surface area contributed by atoms with Crippen LogP contribution in [0.3, 0.4) is 0 Å². The molecule has 1 fully saturated rings. The molecule has 2 aromatic rings. The molecule has 0 aromatic heterocycles. The fourth-order valence-electron chi connectivity index (χ4n) is 2.84. The predicted octanol–water partition coefficient (Wildman–Crippen LogP) is 4.21. The molecule has 0 aliphatic carbocycles. The normalized spacial score (nSPS) is 20.6. The molecule has 2 unspecified atom stereocenters. The summed E-state index contributed by atoms with van der Waals surface area (Å²) >= 11 is 0. The van der Waals surface area contributed by atoms with E-state index in [4.69, 9.17) is 4.74 Å². The number of hydrogen-bond donors (Lipinski definition) is 1. The van der Waals surface area contributed by atoms with Crippen molar-refractivity contribution in [3.8, 4) is 0 Å². The van der Waals surface area contributed by atoms with Crippen molar-refractivity contribution in [3.05, 3.63) is 69.8 Å². The van der Waals surface area contributed by atoms with Crippen LogP contribution in [0, 0.1) is 21.7 Å². The van der Waals surface area contributed by atoms with Gasteiger partial charge in [-0.3, -0.25) is 10.1 Å².